The molecular weight excluding hydrogens is 1510 g/mol. The Morgan fingerprint density at radius 2 is 0.712 bits per heavy atom. The van der Waals surface area contributed by atoms with Crippen LogP contribution in [0, 0.1) is 0 Å². The third-order valence-electron chi connectivity index (χ3n) is 21.8. The molecule has 0 aliphatic carbocycles. The van der Waals surface area contributed by atoms with E-state index < -0.39 is 165 Å². The predicted molar refractivity (Wildman–Crippen MR) is 432 cm³/mol. The average molecular weight is 1620 g/mol. The number of carbonyl (C=O) groups is 1. The second-order valence-electron chi connectivity index (χ2n) is 31.1. The Morgan fingerprint density at radius 1 is 0.390 bits per heavy atom. The first-order valence-corrected chi connectivity index (χ1v) is 40.9. The largest absolute Gasteiger partial charge is 0.385 e. The van der Waals surface area contributed by atoms with Crippen LogP contribution in [0.4, 0.5) is 0 Å². The van der Waals surface area contributed by atoms with Crippen LogP contribution in [0.5, 0.6) is 0 Å². The fourth-order valence-corrected chi connectivity index (χ4v) is 15.8. The van der Waals surface area contributed by atoms with Crippen molar-refractivity contribution in [2.24, 2.45) is 0 Å². The number of ether oxygens (including phenoxy) is 20. The summed E-state index contributed by atoms with van der Waals surface area (Å²) in [7, 11) is 0. The number of fused-ring (bicyclic) bond motifs is 1. The summed E-state index contributed by atoms with van der Waals surface area (Å²) in [4.78, 5) is 13.3. The lowest BCUT2D eigenvalue weighted by Crippen LogP contribution is -2.71. The molecule has 118 heavy (non-hydrogen) atoms. The molecule has 6 aliphatic rings. The van der Waals surface area contributed by atoms with E-state index in [0.29, 0.717) is 0 Å². The molecule has 6 saturated heterocycles. The number of aliphatic hydroxyl groups is 2. The van der Waals surface area contributed by atoms with Gasteiger partial charge in [-0.3, -0.25) is 4.79 Å². The molecule has 14 rings (SSSR count). The maximum Gasteiger partial charge on any atom is 0.217 e. The molecule has 8 aromatic carbocycles. The lowest BCUT2D eigenvalue weighted by Gasteiger charge is -2.53. The van der Waals surface area contributed by atoms with Crippen molar-refractivity contribution in [3.63, 3.8) is 0 Å². The maximum absolute atomic E-state index is 14.0. The van der Waals surface area contributed by atoms with Crippen LogP contribution in [0.3, 0.4) is 0 Å². The van der Waals surface area contributed by atoms with E-state index in [1.807, 2.05) is 257 Å². The van der Waals surface area contributed by atoms with Crippen LogP contribution in [-0.2, 0) is 152 Å². The van der Waals surface area contributed by atoms with E-state index >= 15 is 0 Å². The zero-order chi connectivity index (χ0) is 81.7. The molecule has 630 valence electrons. The lowest BCUT2D eigenvalue weighted by molar-refractivity contribution is -0.410. The van der Waals surface area contributed by atoms with Crippen LogP contribution in [-0.4, -0.2) is 195 Å². The van der Waals surface area contributed by atoms with Crippen LogP contribution in [0.25, 0.3) is 0 Å². The van der Waals surface area contributed by atoms with Crippen molar-refractivity contribution in [1.82, 2.24) is 5.32 Å². The number of aliphatic hydroxyl groups excluding tert-OH is 2. The SMILES string of the molecule is C=CCO[C@@H]1O[C@@H]2COC(C)(C)O[C@H]2[C@H](O[C@@H]2O[C@@H](C)[C@H](OCc3ccccc3)[C@@H](O[C@@H]3O[C@@H](C)[C@H](OCc4ccccc4)[C@@H](OCc4ccccc4)[C@H]3O[C@@H]3O[C@@H](C)[C@H](OCc4ccccc4)[C@@H](O[C@H]4O[C@H](COCc5ccccc5)[C@@H](OCc5ccccc5)[C@H](OCc5ccccc5)[C@H]4OCc4ccccc4)[C@H]3O)[C@H]2O)[C@H]1NC(C)=O. The van der Waals surface area contributed by atoms with Gasteiger partial charge in [-0.2, -0.15) is 0 Å². The zero-order valence-corrected chi connectivity index (χ0v) is 67.6. The Balaban J connectivity index is 0.857. The molecule has 6 aliphatic heterocycles. The second-order valence-corrected chi connectivity index (χ2v) is 31.1. The Labute approximate surface area is 690 Å². The second kappa shape index (κ2) is 42.5. The van der Waals surface area contributed by atoms with Gasteiger partial charge in [0.2, 0.25) is 5.91 Å². The van der Waals surface area contributed by atoms with Gasteiger partial charge in [-0.15, -0.1) is 6.58 Å². The zero-order valence-electron chi connectivity index (χ0n) is 67.6. The highest BCUT2D eigenvalue weighted by molar-refractivity contribution is 5.73. The van der Waals surface area contributed by atoms with E-state index in [1.165, 1.54) is 6.92 Å². The first-order valence-electron chi connectivity index (χ1n) is 40.9. The number of nitrogens with one attached hydrogen (secondary N) is 1. The third-order valence-corrected chi connectivity index (χ3v) is 21.8. The van der Waals surface area contributed by atoms with Gasteiger partial charge in [0.25, 0.3) is 0 Å². The molecule has 24 nitrogen and oxygen atoms in total. The normalized spacial score (nSPS) is 32.1. The summed E-state index contributed by atoms with van der Waals surface area (Å²) in [6, 6.07) is 77.0. The van der Waals surface area contributed by atoms with Crippen LogP contribution in [0.1, 0.15) is 86.1 Å². The number of carbonyl (C=O) groups excluding carboxylic acids is 1. The van der Waals surface area contributed by atoms with E-state index in [-0.39, 0.29) is 72.7 Å². The fourth-order valence-electron chi connectivity index (χ4n) is 15.8. The van der Waals surface area contributed by atoms with E-state index in [1.54, 1.807) is 26.8 Å². The number of amides is 1. The summed E-state index contributed by atoms with van der Waals surface area (Å²) in [6.45, 7) is 15.3. The minimum Gasteiger partial charge on any atom is -0.385 e. The van der Waals surface area contributed by atoms with Crippen molar-refractivity contribution in [2.45, 2.75) is 254 Å². The highest BCUT2D eigenvalue weighted by atomic mass is 16.8. The molecule has 24 heteroatoms. The molecule has 6 heterocycles. The van der Waals surface area contributed by atoms with E-state index in [2.05, 4.69) is 11.9 Å². The molecule has 0 spiro atoms. The third kappa shape index (κ3) is 23.0. The summed E-state index contributed by atoms with van der Waals surface area (Å²) < 4.78 is 140. The Morgan fingerprint density at radius 3 is 1.10 bits per heavy atom. The highest BCUT2D eigenvalue weighted by Crippen LogP contribution is 2.42. The maximum atomic E-state index is 14.0. The van der Waals surface area contributed by atoms with Crippen molar-refractivity contribution < 1.29 is 110 Å². The van der Waals surface area contributed by atoms with E-state index in [9.17, 15) is 15.0 Å². The minimum absolute atomic E-state index is 0.00401. The molecular formula is C94H111NO23. The summed E-state index contributed by atoms with van der Waals surface area (Å²) in [5, 5.41) is 30.5. The van der Waals surface area contributed by atoms with Gasteiger partial charge < -0.3 is 110 Å². The van der Waals surface area contributed by atoms with E-state index in [0.717, 1.165) is 44.5 Å². The van der Waals surface area contributed by atoms with Gasteiger partial charge in [0.15, 0.2) is 37.2 Å². The summed E-state index contributed by atoms with van der Waals surface area (Å²) in [5.74, 6) is -1.56. The predicted octanol–water partition coefficient (Wildman–Crippen LogP) is 12.1. The molecule has 0 bridgehead atoms. The van der Waals surface area contributed by atoms with Crippen LogP contribution >= 0.6 is 0 Å². The van der Waals surface area contributed by atoms with Gasteiger partial charge >= 0.3 is 0 Å². The van der Waals surface area contributed by atoms with Gasteiger partial charge in [-0.25, -0.2) is 0 Å². The van der Waals surface area contributed by atoms with Crippen molar-refractivity contribution in [3.8, 4) is 0 Å². The number of rotatable bonds is 37. The summed E-state index contributed by atoms with van der Waals surface area (Å²) >= 11 is 0. The van der Waals surface area contributed by atoms with Gasteiger partial charge in [0, 0.05) is 6.92 Å². The smallest absolute Gasteiger partial charge is 0.217 e. The van der Waals surface area contributed by atoms with Crippen LogP contribution in [0.2, 0.25) is 0 Å². The molecule has 0 unspecified atom stereocenters. The Kier molecular flexibility index (Phi) is 31.2. The number of hydrogen-bond acceptors (Lipinski definition) is 23. The Bertz CT molecular complexity index is 4250. The molecule has 1 amide bonds. The topological polar surface area (TPSA) is 254 Å². The van der Waals surface area contributed by atoms with Crippen molar-refractivity contribution in [3.05, 3.63) is 300 Å². The van der Waals surface area contributed by atoms with Gasteiger partial charge in [0.1, 0.15) is 104 Å². The molecule has 6 fully saturated rings. The average Bonchev–Trinajstić information content (AvgIpc) is 0.761. The minimum atomic E-state index is -1.76. The van der Waals surface area contributed by atoms with Crippen molar-refractivity contribution >= 4 is 5.91 Å². The quantitative estimate of drug-likeness (QED) is 0.0306. The molecule has 0 radical (unpaired) electrons. The highest BCUT2D eigenvalue weighted by Gasteiger charge is 2.60. The summed E-state index contributed by atoms with van der Waals surface area (Å²) in [5.41, 5.74) is 6.95. The molecule has 25 atom stereocenters. The van der Waals surface area contributed by atoms with Crippen LogP contribution in [0.15, 0.2) is 255 Å². The molecule has 3 N–H and O–H groups in total. The van der Waals surface area contributed by atoms with E-state index in [4.69, 9.17) is 94.7 Å². The summed E-state index contributed by atoms with van der Waals surface area (Å²) in [6.07, 6.45) is -26.9. The number of hydrogen-bond donors (Lipinski definition) is 3. The van der Waals surface area contributed by atoms with Crippen molar-refractivity contribution in [1.29, 1.82) is 0 Å². The first-order chi connectivity index (χ1) is 57.6. The first kappa shape index (κ1) is 86.5. The standard InChI is InChI=1S/C94H111NO23/c1-8-49-100-89-74(95-63(5)96)82(81-73(112-89)59-108-94(6,7)118-81)114-90-75(97)84(78(60(2)109-90)102-52-66-37-21-11-22-38-66)116-93-88(85(105-55-69-43-27-14-28-44-69)79(62(4)111-93)103-53-67-39-23-12-24-40-67)117-91-76(98)83(77(61(3)110-91)101-51-65-35-19-10-20-36-65)115-92-87(107-57-71-47-31-16-32-48-71)86(106-56-70-45-29-15-30-46-70)80(104-54-68-41-25-13-26-42-68)72(113-92)58-99-50-64-33-17-9-18-34-64/h8-48,60-62,72-93,97-98H,1,49-59H2,2-7H3,(H,95,96)/t60-,61-,62-,72+,73+,74+,75+,76+,77-,78-,79-,80+,81+,82+,83-,84-,85+,86-,87+,88+,89+,90-,91-,92+,93-/m0/s1. The van der Waals surface area contributed by atoms with Gasteiger partial charge in [0.05, 0.1) is 91.0 Å². The van der Waals surface area contributed by atoms with Crippen molar-refractivity contribution in [2.75, 3.05) is 19.8 Å². The lowest BCUT2D eigenvalue weighted by atomic mass is 9.93. The van der Waals surface area contributed by atoms with Gasteiger partial charge in [-0.05, 0) is 79.1 Å². The molecule has 8 aromatic rings. The number of benzene rings is 8. The molecule has 0 aromatic heterocycles. The molecule has 0 saturated carbocycles. The monoisotopic (exact) mass is 1620 g/mol. The Hall–Kier alpha value is -7.91. The van der Waals surface area contributed by atoms with Crippen LogP contribution < -0.4 is 5.32 Å². The fraction of sp³-hybridized carbons (Fsp3) is 0.457. The van der Waals surface area contributed by atoms with Gasteiger partial charge in [-0.1, -0.05) is 249 Å².